The van der Waals surface area contributed by atoms with Gasteiger partial charge in [-0.15, -0.1) is 0 Å². The molecule has 1 saturated carbocycles. The Hall–Kier alpha value is -1.88. The number of carboxylic acid groups (broad SMARTS) is 1. The van der Waals surface area contributed by atoms with Gasteiger partial charge >= 0.3 is 5.97 Å². The van der Waals surface area contributed by atoms with Crippen LogP contribution in [0.3, 0.4) is 0 Å². The lowest BCUT2D eigenvalue weighted by molar-refractivity contribution is -0.126. The highest BCUT2D eigenvalue weighted by atomic mass is 16.4. The van der Waals surface area contributed by atoms with E-state index in [2.05, 4.69) is 5.32 Å². The molecule has 0 radical (unpaired) electrons. The average molecular weight is 290 g/mol. The highest BCUT2D eigenvalue weighted by molar-refractivity contribution is 5.87. The van der Waals surface area contributed by atoms with Crippen LogP contribution < -0.4 is 11.1 Å². The third kappa shape index (κ3) is 4.29. The number of carbonyl (C=O) groups is 2. The average Bonchev–Trinajstić information content (AvgIpc) is 2.48. The van der Waals surface area contributed by atoms with Gasteiger partial charge in [-0.05, 0) is 37.0 Å². The Morgan fingerprint density at radius 1 is 1.29 bits per heavy atom. The fraction of sp³-hybridized carbons (Fsp3) is 0.500. The number of amides is 1. The number of nitrogens with two attached hydrogens (primary N) is 1. The number of hydrogen-bond acceptors (Lipinski definition) is 3. The third-order valence-electron chi connectivity index (χ3n) is 4.04. The van der Waals surface area contributed by atoms with Crippen LogP contribution in [-0.4, -0.2) is 29.6 Å². The van der Waals surface area contributed by atoms with Crippen LogP contribution in [0.4, 0.5) is 0 Å². The van der Waals surface area contributed by atoms with Crippen molar-refractivity contribution >= 4 is 11.9 Å². The number of aromatic carboxylic acids is 1. The van der Waals surface area contributed by atoms with E-state index in [1.54, 1.807) is 18.2 Å². The summed E-state index contributed by atoms with van der Waals surface area (Å²) in [6.07, 6.45) is 4.56. The molecule has 0 saturated heterocycles. The fourth-order valence-corrected chi connectivity index (χ4v) is 2.81. The molecule has 1 aromatic carbocycles. The van der Waals surface area contributed by atoms with Gasteiger partial charge < -0.3 is 16.2 Å². The molecule has 0 heterocycles. The Labute approximate surface area is 124 Å². The molecule has 1 amide bonds. The van der Waals surface area contributed by atoms with Crippen LogP contribution >= 0.6 is 0 Å². The van der Waals surface area contributed by atoms with E-state index in [-0.39, 0.29) is 23.4 Å². The Bertz CT molecular complexity index is 516. The van der Waals surface area contributed by atoms with Crippen molar-refractivity contribution in [3.8, 4) is 0 Å². The molecule has 2 rings (SSSR count). The molecule has 1 aliphatic carbocycles. The number of carboxylic acids is 1. The molecule has 21 heavy (non-hydrogen) atoms. The lowest BCUT2D eigenvalue weighted by Gasteiger charge is -2.27. The summed E-state index contributed by atoms with van der Waals surface area (Å²) in [5.41, 5.74) is 7.17. The van der Waals surface area contributed by atoms with Gasteiger partial charge in [0.25, 0.3) is 0 Å². The van der Waals surface area contributed by atoms with Gasteiger partial charge in [-0.1, -0.05) is 25.0 Å². The van der Waals surface area contributed by atoms with Gasteiger partial charge in [0.05, 0.1) is 11.5 Å². The van der Waals surface area contributed by atoms with Crippen molar-refractivity contribution in [2.24, 2.45) is 11.7 Å². The molecule has 4 N–H and O–H groups in total. The predicted octanol–water partition coefficient (Wildman–Crippen LogP) is 1.56. The van der Waals surface area contributed by atoms with Crippen LogP contribution in [0.1, 0.15) is 41.6 Å². The largest absolute Gasteiger partial charge is 0.478 e. The molecule has 5 heteroatoms. The molecule has 2 unspecified atom stereocenters. The maximum Gasteiger partial charge on any atom is 0.335 e. The first-order chi connectivity index (χ1) is 10.1. The summed E-state index contributed by atoms with van der Waals surface area (Å²) in [5.74, 6) is -0.991. The summed E-state index contributed by atoms with van der Waals surface area (Å²) in [6.45, 7) is 0.505. The third-order valence-corrected chi connectivity index (χ3v) is 4.04. The van der Waals surface area contributed by atoms with Crippen LogP contribution in [0.15, 0.2) is 24.3 Å². The first-order valence-corrected chi connectivity index (χ1v) is 7.43. The summed E-state index contributed by atoms with van der Waals surface area (Å²) in [4.78, 5) is 23.0. The highest BCUT2D eigenvalue weighted by Gasteiger charge is 2.27. The molecular formula is C16H22N2O3. The lowest BCUT2D eigenvalue weighted by atomic mass is 9.84. The van der Waals surface area contributed by atoms with Crippen molar-refractivity contribution in [2.75, 3.05) is 6.54 Å². The molecule has 0 aromatic heterocycles. The van der Waals surface area contributed by atoms with Crippen molar-refractivity contribution in [3.63, 3.8) is 0 Å². The second-order valence-corrected chi connectivity index (χ2v) is 5.60. The maximum atomic E-state index is 12.1. The van der Waals surface area contributed by atoms with Gasteiger partial charge in [0.15, 0.2) is 0 Å². The quantitative estimate of drug-likeness (QED) is 0.767. The van der Waals surface area contributed by atoms with Crippen molar-refractivity contribution < 1.29 is 14.7 Å². The zero-order valence-electron chi connectivity index (χ0n) is 12.0. The SMILES string of the molecule is NC1CCCCC1C(=O)NCCc1cccc(C(=O)O)c1. The summed E-state index contributed by atoms with van der Waals surface area (Å²) in [6, 6.07) is 6.75. The standard InChI is InChI=1S/C16H22N2O3/c17-14-7-2-1-6-13(14)15(19)18-9-8-11-4-3-5-12(10-11)16(20)21/h3-5,10,13-14H,1-2,6-9,17H2,(H,18,19)(H,20,21). The highest BCUT2D eigenvalue weighted by Crippen LogP contribution is 2.22. The molecule has 0 spiro atoms. The lowest BCUT2D eigenvalue weighted by Crippen LogP contribution is -2.44. The van der Waals surface area contributed by atoms with E-state index >= 15 is 0 Å². The number of rotatable bonds is 5. The van der Waals surface area contributed by atoms with Gasteiger partial charge in [-0.25, -0.2) is 4.79 Å². The van der Waals surface area contributed by atoms with Crippen molar-refractivity contribution in [1.29, 1.82) is 0 Å². The Morgan fingerprint density at radius 3 is 2.76 bits per heavy atom. The van der Waals surface area contributed by atoms with Gasteiger partial charge in [-0.3, -0.25) is 4.79 Å². The summed E-state index contributed by atoms with van der Waals surface area (Å²) < 4.78 is 0. The van der Waals surface area contributed by atoms with Gasteiger partial charge in [-0.2, -0.15) is 0 Å². The van der Waals surface area contributed by atoms with E-state index in [1.807, 2.05) is 6.07 Å². The molecule has 0 bridgehead atoms. The number of hydrogen-bond donors (Lipinski definition) is 3. The van der Waals surface area contributed by atoms with Crippen LogP contribution in [0, 0.1) is 5.92 Å². The number of nitrogens with one attached hydrogen (secondary N) is 1. The number of carbonyl (C=O) groups excluding carboxylic acids is 1. The molecule has 1 aliphatic rings. The molecule has 1 fully saturated rings. The Morgan fingerprint density at radius 2 is 2.05 bits per heavy atom. The van der Waals surface area contributed by atoms with E-state index in [4.69, 9.17) is 10.8 Å². The first-order valence-electron chi connectivity index (χ1n) is 7.43. The maximum absolute atomic E-state index is 12.1. The first kappa shape index (κ1) is 15.5. The minimum Gasteiger partial charge on any atom is -0.478 e. The summed E-state index contributed by atoms with van der Waals surface area (Å²) >= 11 is 0. The normalized spacial score (nSPS) is 21.8. The second kappa shape index (κ2) is 7.22. The summed E-state index contributed by atoms with van der Waals surface area (Å²) in [7, 11) is 0. The van der Waals surface area contributed by atoms with E-state index in [9.17, 15) is 9.59 Å². The van der Waals surface area contributed by atoms with Gasteiger partial charge in [0.2, 0.25) is 5.91 Å². The van der Waals surface area contributed by atoms with E-state index in [1.165, 1.54) is 0 Å². The molecule has 5 nitrogen and oxygen atoms in total. The predicted molar refractivity (Wildman–Crippen MR) is 80.0 cm³/mol. The van der Waals surface area contributed by atoms with Gasteiger partial charge in [0, 0.05) is 12.6 Å². The van der Waals surface area contributed by atoms with Crippen molar-refractivity contribution in [3.05, 3.63) is 35.4 Å². The van der Waals surface area contributed by atoms with E-state index in [0.717, 1.165) is 31.2 Å². The molecule has 0 aliphatic heterocycles. The monoisotopic (exact) mass is 290 g/mol. The molecule has 114 valence electrons. The van der Waals surface area contributed by atoms with E-state index < -0.39 is 5.97 Å². The fourth-order valence-electron chi connectivity index (χ4n) is 2.81. The minimum atomic E-state index is -0.936. The van der Waals surface area contributed by atoms with Crippen LogP contribution in [0.2, 0.25) is 0 Å². The van der Waals surface area contributed by atoms with Crippen molar-refractivity contribution in [1.82, 2.24) is 5.32 Å². The topological polar surface area (TPSA) is 92.4 Å². The molecular weight excluding hydrogens is 268 g/mol. The smallest absolute Gasteiger partial charge is 0.335 e. The van der Waals surface area contributed by atoms with E-state index in [0.29, 0.717) is 13.0 Å². The van der Waals surface area contributed by atoms with Crippen LogP contribution in [-0.2, 0) is 11.2 Å². The zero-order valence-corrected chi connectivity index (χ0v) is 12.0. The Kier molecular flexibility index (Phi) is 5.33. The minimum absolute atomic E-state index is 0.0246. The molecule has 2 atom stereocenters. The zero-order chi connectivity index (χ0) is 15.2. The Balaban J connectivity index is 1.82. The van der Waals surface area contributed by atoms with Crippen molar-refractivity contribution in [2.45, 2.75) is 38.1 Å². The summed E-state index contributed by atoms with van der Waals surface area (Å²) in [5, 5.41) is 11.9. The van der Waals surface area contributed by atoms with Crippen LogP contribution in [0.5, 0.6) is 0 Å². The number of benzene rings is 1. The molecule has 1 aromatic rings. The second-order valence-electron chi connectivity index (χ2n) is 5.60. The van der Waals surface area contributed by atoms with Crippen LogP contribution in [0.25, 0.3) is 0 Å². The van der Waals surface area contributed by atoms with Gasteiger partial charge in [0.1, 0.15) is 0 Å².